The number of pyridine rings is 1. The lowest BCUT2D eigenvalue weighted by Gasteiger charge is -2.11. The van der Waals surface area contributed by atoms with Gasteiger partial charge in [0, 0.05) is 12.2 Å². The van der Waals surface area contributed by atoms with Crippen molar-refractivity contribution in [3.8, 4) is 0 Å². The van der Waals surface area contributed by atoms with E-state index in [1.165, 1.54) is 0 Å². The fourth-order valence-electron chi connectivity index (χ4n) is 1.19. The fraction of sp³-hybridized carbons (Fsp3) is 0.444. The van der Waals surface area contributed by atoms with Crippen LogP contribution in [0.2, 0.25) is 0 Å². The van der Waals surface area contributed by atoms with Crippen LogP contribution in [0.1, 0.15) is 31.5 Å². The Morgan fingerprint density at radius 1 is 1.58 bits per heavy atom. The summed E-state index contributed by atoms with van der Waals surface area (Å²) in [5.74, 6) is 0. The van der Waals surface area contributed by atoms with Gasteiger partial charge in [-0.3, -0.25) is 4.98 Å². The van der Waals surface area contributed by atoms with Crippen molar-refractivity contribution in [1.82, 2.24) is 4.98 Å². The summed E-state index contributed by atoms with van der Waals surface area (Å²) in [5.41, 5.74) is 13.1. The highest BCUT2D eigenvalue weighted by Gasteiger charge is 2.08. The zero-order valence-corrected chi connectivity index (χ0v) is 7.33. The highest BCUT2D eigenvalue weighted by molar-refractivity contribution is 5.43. The Bertz CT molecular complexity index is 247. The monoisotopic (exact) mass is 165 g/mol. The molecular formula is C9H15N3. The largest absolute Gasteiger partial charge is 0.397 e. The minimum absolute atomic E-state index is 0.0174. The predicted molar refractivity (Wildman–Crippen MR) is 50.5 cm³/mol. The van der Waals surface area contributed by atoms with Crippen LogP contribution in [-0.4, -0.2) is 4.98 Å². The Labute approximate surface area is 72.8 Å². The Morgan fingerprint density at radius 3 is 2.92 bits per heavy atom. The summed E-state index contributed by atoms with van der Waals surface area (Å²) in [7, 11) is 0. The first-order valence-corrected chi connectivity index (χ1v) is 4.21. The van der Waals surface area contributed by atoms with Crippen LogP contribution < -0.4 is 11.5 Å². The number of rotatable bonds is 3. The number of aromatic nitrogens is 1. The maximum atomic E-state index is 5.86. The first-order chi connectivity index (χ1) is 5.75. The van der Waals surface area contributed by atoms with E-state index in [4.69, 9.17) is 11.5 Å². The summed E-state index contributed by atoms with van der Waals surface area (Å²) in [6.45, 7) is 2.10. The third-order valence-electron chi connectivity index (χ3n) is 1.82. The lowest BCUT2D eigenvalue weighted by Crippen LogP contribution is -2.13. The van der Waals surface area contributed by atoms with E-state index in [-0.39, 0.29) is 6.04 Å². The van der Waals surface area contributed by atoms with Gasteiger partial charge in [-0.25, -0.2) is 0 Å². The molecule has 66 valence electrons. The highest BCUT2D eigenvalue weighted by Crippen LogP contribution is 2.18. The second kappa shape index (κ2) is 4.07. The number of nitrogens with zero attached hydrogens (tertiary/aromatic N) is 1. The van der Waals surface area contributed by atoms with Crippen LogP contribution in [-0.2, 0) is 0 Å². The van der Waals surface area contributed by atoms with Crippen LogP contribution in [0.25, 0.3) is 0 Å². The molecular weight excluding hydrogens is 150 g/mol. The van der Waals surface area contributed by atoms with Crippen LogP contribution in [0.5, 0.6) is 0 Å². The Morgan fingerprint density at radius 2 is 2.33 bits per heavy atom. The van der Waals surface area contributed by atoms with E-state index in [0.29, 0.717) is 5.69 Å². The van der Waals surface area contributed by atoms with Gasteiger partial charge in [0.15, 0.2) is 0 Å². The molecule has 0 aliphatic carbocycles. The molecule has 1 aromatic heterocycles. The average molecular weight is 165 g/mol. The Hall–Kier alpha value is -1.09. The molecule has 0 aliphatic heterocycles. The highest BCUT2D eigenvalue weighted by atomic mass is 14.8. The van der Waals surface area contributed by atoms with Gasteiger partial charge in [-0.2, -0.15) is 0 Å². The van der Waals surface area contributed by atoms with Gasteiger partial charge in [0.2, 0.25) is 0 Å². The molecule has 0 aromatic carbocycles. The van der Waals surface area contributed by atoms with Gasteiger partial charge >= 0.3 is 0 Å². The molecule has 0 saturated carbocycles. The quantitative estimate of drug-likeness (QED) is 0.712. The normalized spacial score (nSPS) is 12.8. The van der Waals surface area contributed by atoms with Gasteiger partial charge in [0.1, 0.15) is 0 Å². The van der Waals surface area contributed by atoms with Crippen LogP contribution in [0.15, 0.2) is 18.3 Å². The molecule has 1 atom stereocenters. The molecule has 3 heteroatoms. The molecule has 0 bridgehead atoms. The molecule has 0 saturated heterocycles. The Balaban J connectivity index is 2.79. The zero-order chi connectivity index (χ0) is 8.97. The topological polar surface area (TPSA) is 64.9 Å². The van der Waals surface area contributed by atoms with Crippen molar-refractivity contribution in [2.45, 2.75) is 25.8 Å². The van der Waals surface area contributed by atoms with E-state index < -0.39 is 0 Å². The lowest BCUT2D eigenvalue weighted by atomic mass is 10.1. The van der Waals surface area contributed by atoms with Gasteiger partial charge < -0.3 is 11.5 Å². The maximum absolute atomic E-state index is 5.86. The molecule has 0 aliphatic rings. The van der Waals surface area contributed by atoms with E-state index >= 15 is 0 Å². The molecule has 0 spiro atoms. The zero-order valence-electron chi connectivity index (χ0n) is 7.33. The smallest absolute Gasteiger partial charge is 0.0799 e. The van der Waals surface area contributed by atoms with Crippen LogP contribution in [0.3, 0.4) is 0 Å². The van der Waals surface area contributed by atoms with Crippen LogP contribution >= 0.6 is 0 Å². The molecule has 1 heterocycles. The molecule has 4 N–H and O–H groups in total. The second-order valence-electron chi connectivity index (χ2n) is 2.87. The molecule has 12 heavy (non-hydrogen) atoms. The molecule has 0 amide bonds. The summed E-state index contributed by atoms with van der Waals surface area (Å²) < 4.78 is 0. The van der Waals surface area contributed by atoms with E-state index in [2.05, 4.69) is 11.9 Å². The standard InChI is InChI=1S/C9H15N3/c1-2-4-7(10)9-8(11)5-3-6-12-9/h3,5-7H,2,4,10-11H2,1H3. The van der Waals surface area contributed by atoms with E-state index in [1.54, 1.807) is 6.20 Å². The molecule has 1 unspecified atom stereocenters. The van der Waals surface area contributed by atoms with Crippen molar-refractivity contribution in [1.29, 1.82) is 0 Å². The first-order valence-electron chi connectivity index (χ1n) is 4.21. The van der Waals surface area contributed by atoms with Gasteiger partial charge in [-0.1, -0.05) is 13.3 Å². The number of nitrogens with two attached hydrogens (primary N) is 2. The number of nitrogen functional groups attached to an aromatic ring is 1. The van der Waals surface area contributed by atoms with Crippen LogP contribution in [0.4, 0.5) is 5.69 Å². The SMILES string of the molecule is CCCC(N)c1ncccc1N. The van der Waals surface area contributed by atoms with Crippen molar-refractivity contribution >= 4 is 5.69 Å². The summed E-state index contributed by atoms with van der Waals surface area (Å²) in [6.07, 6.45) is 3.71. The van der Waals surface area contributed by atoms with Crippen molar-refractivity contribution in [2.24, 2.45) is 5.73 Å². The van der Waals surface area contributed by atoms with E-state index in [9.17, 15) is 0 Å². The van der Waals surface area contributed by atoms with Crippen molar-refractivity contribution in [3.63, 3.8) is 0 Å². The molecule has 1 aromatic rings. The first kappa shape index (κ1) is 9.00. The third kappa shape index (κ3) is 1.95. The maximum Gasteiger partial charge on any atom is 0.0799 e. The minimum atomic E-state index is -0.0174. The molecule has 3 nitrogen and oxygen atoms in total. The second-order valence-corrected chi connectivity index (χ2v) is 2.87. The lowest BCUT2D eigenvalue weighted by molar-refractivity contribution is 0.624. The van der Waals surface area contributed by atoms with Gasteiger partial charge in [-0.05, 0) is 18.6 Å². The fourth-order valence-corrected chi connectivity index (χ4v) is 1.19. The Kier molecular flexibility index (Phi) is 3.05. The molecule has 1 rings (SSSR count). The number of anilines is 1. The van der Waals surface area contributed by atoms with Gasteiger partial charge in [0.25, 0.3) is 0 Å². The summed E-state index contributed by atoms with van der Waals surface area (Å²) in [6, 6.07) is 3.63. The molecule has 0 radical (unpaired) electrons. The van der Waals surface area contributed by atoms with Gasteiger partial charge in [-0.15, -0.1) is 0 Å². The van der Waals surface area contributed by atoms with E-state index in [1.807, 2.05) is 12.1 Å². The number of hydrogen-bond donors (Lipinski definition) is 2. The van der Waals surface area contributed by atoms with Crippen LogP contribution in [0, 0.1) is 0 Å². The van der Waals surface area contributed by atoms with Crippen molar-refractivity contribution < 1.29 is 0 Å². The molecule has 0 fully saturated rings. The van der Waals surface area contributed by atoms with Crippen molar-refractivity contribution in [3.05, 3.63) is 24.0 Å². The van der Waals surface area contributed by atoms with Gasteiger partial charge in [0.05, 0.1) is 11.4 Å². The summed E-state index contributed by atoms with van der Waals surface area (Å²) in [4.78, 5) is 4.15. The minimum Gasteiger partial charge on any atom is -0.397 e. The summed E-state index contributed by atoms with van der Waals surface area (Å²) in [5, 5.41) is 0. The number of hydrogen-bond acceptors (Lipinski definition) is 3. The van der Waals surface area contributed by atoms with E-state index in [0.717, 1.165) is 18.5 Å². The predicted octanol–water partition coefficient (Wildman–Crippen LogP) is 1.46. The summed E-state index contributed by atoms with van der Waals surface area (Å²) >= 11 is 0. The average Bonchev–Trinajstić information content (AvgIpc) is 2.05. The van der Waals surface area contributed by atoms with Crippen molar-refractivity contribution in [2.75, 3.05) is 5.73 Å². The third-order valence-corrected chi connectivity index (χ3v) is 1.82.